The predicted octanol–water partition coefficient (Wildman–Crippen LogP) is 4.48. The van der Waals surface area contributed by atoms with Gasteiger partial charge in [0.2, 0.25) is 0 Å². The largest absolute Gasteiger partial charge is 0.374 e. The van der Waals surface area contributed by atoms with Crippen LogP contribution in [0.2, 0.25) is 0 Å². The van der Waals surface area contributed by atoms with Crippen molar-refractivity contribution in [3.05, 3.63) is 71.3 Å². The number of rotatable bonds is 8. The van der Waals surface area contributed by atoms with Gasteiger partial charge in [-0.05, 0) is 37.5 Å². The van der Waals surface area contributed by atoms with Gasteiger partial charge in [0.15, 0.2) is 5.96 Å². The Morgan fingerprint density at radius 3 is 2.35 bits per heavy atom. The number of guanidine groups is 1. The van der Waals surface area contributed by atoms with Gasteiger partial charge in [-0.2, -0.15) is 0 Å². The minimum absolute atomic E-state index is 0. The van der Waals surface area contributed by atoms with Crippen LogP contribution in [0.15, 0.2) is 59.6 Å². The summed E-state index contributed by atoms with van der Waals surface area (Å²) in [5, 5.41) is 6.67. The van der Waals surface area contributed by atoms with E-state index in [1.807, 2.05) is 18.2 Å². The Balaban J connectivity index is 0.00000338. The molecule has 0 atom stereocenters. The maximum atomic E-state index is 5.67. The van der Waals surface area contributed by atoms with E-state index in [2.05, 4.69) is 72.8 Å². The first-order valence-electron chi connectivity index (χ1n) is 8.93. The summed E-state index contributed by atoms with van der Waals surface area (Å²) >= 11 is 0. The van der Waals surface area contributed by atoms with E-state index in [0.29, 0.717) is 13.2 Å². The van der Waals surface area contributed by atoms with E-state index in [9.17, 15) is 0 Å². The van der Waals surface area contributed by atoms with E-state index in [1.165, 1.54) is 16.7 Å². The Morgan fingerprint density at radius 2 is 1.65 bits per heavy atom. The molecule has 0 unspecified atom stereocenters. The average Bonchev–Trinajstić information content (AvgIpc) is 2.63. The highest BCUT2D eigenvalue weighted by Gasteiger charge is 2.01. The second-order valence-electron chi connectivity index (χ2n) is 6.21. The maximum Gasteiger partial charge on any atom is 0.191 e. The molecule has 0 aromatic heterocycles. The third-order valence-electron chi connectivity index (χ3n) is 3.64. The minimum atomic E-state index is 0. The van der Waals surface area contributed by atoms with Crippen LogP contribution in [-0.2, 0) is 24.4 Å². The lowest BCUT2D eigenvalue weighted by atomic mass is 10.1. The van der Waals surface area contributed by atoms with Gasteiger partial charge in [0, 0.05) is 13.1 Å². The zero-order chi connectivity index (χ0) is 17.9. The molecular weight excluding hydrogens is 437 g/mol. The molecule has 0 aliphatic carbocycles. The summed E-state index contributed by atoms with van der Waals surface area (Å²) in [4.78, 5) is 4.69. The molecule has 0 spiro atoms. The monoisotopic (exact) mass is 467 g/mol. The molecule has 5 heteroatoms. The molecule has 0 bridgehead atoms. The molecular formula is C21H30IN3O. The Kier molecular flexibility index (Phi) is 11.0. The second kappa shape index (κ2) is 12.7. The van der Waals surface area contributed by atoms with Crippen LogP contribution in [0, 0.1) is 0 Å². The lowest BCUT2D eigenvalue weighted by Gasteiger charge is -2.12. The molecule has 2 aromatic rings. The van der Waals surface area contributed by atoms with Gasteiger partial charge < -0.3 is 15.4 Å². The molecule has 0 saturated carbocycles. The normalized spacial score (nSPS) is 11.2. The van der Waals surface area contributed by atoms with Crippen molar-refractivity contribution in [1.29, 1.82) is 0 Å². The van der Waals surface area contributed by atoms with Crippen LogP contribution in [0.1, 0.15) is 37.5 Å². The van der Waals surface area contributed by atoms with E-state index >= 15 is 0 Å². The third-order valence-corrected chi connectivity index (χ3v) is 3.64. The fraction of sp³-hybridized carbons (Fsp3) is 0.381. The molecule has 0 fully saturated rings. The summed E-state index contributed by atoms with van der Waals surface area (Å²) in [6.45, 7) is 9.05. The SMILES string of the molecule is CCNC(=NCc1cccc(COC(C)C)c1)NCc1ccccc1.I. The number of halogens is 1. The predicted molar refractivity (Wildman–Crippen MR) is 120 cm³/mol. The number of hydrogen-bond acceptors (Lipinski definition) is 2. The molecule has 2 aromatic carbocycles. The topological polar surface area (TPSA) is 45.7 Å². The fourth-order valence-electron chi connectivity index (χ4n) is 2.37. The maximum absolute atomic E-state index is 5.67. The van der Waals surface area contributed by atoms with Crippen molar-refractivity contribution < 1.29 is 4.74 Å². The number of benzene rings is 2. The standard InChI is InChI=1S/C21H29N3O.HI/c1-4-22-21(23-14-18-9-6-5-7-10-18)24-15-19-11-8-12-20(13-19)16-25-17(2)3;/h5-13,17H,4,14-16H2,1-3H3,(H2,22,23,24);1H. The van der Waals surface area contributed by atoms with Gasteiger partial charge in [0.05, 0.1) is 19.3 Å². The van der Waals surface area contributed by atoms with Crippen LogP contribution in [0.3, 0.4) is 0 Å². The van der Waals surface area contributed by atoms with Gasteiger partial charge >= 0.3 is 0 Å². The lowest BCUT2D eigenvalue weighted by molar-refractivity contribution is 0.0657. The van der Waals surface area contributed by atoms with E-state index in [1.54, 1.807) is 0 Å². The first-order valence-corrected chi connectivity index (χ1v) is 8.93. The number of hydrogen-bond donors (Lipinski definition) is 2. The van der Waals surface area contributed by atoms with Gasteiger partial charge in [-0.25, -0.2) is 4.99 Å². The van der Waals surface area contributed by atoms with Crippen molar-refractivity contribution in [2.45, 2.75) is 46.6 Å². The number of ether oxygens (including phenoxy) is 1. The Labute approximate surface area is 174 Å². The molecule has 0 amide bonds. The van der Waals surface area contributed by atoms with Crippen molar-refractivity contribution >= 4 is 29.9 Å². The van der Waals surface area contributed by atoms with Crippen LogP contribution in [0.4, 0.5) is 0 Å². The van der Waals surface area contributed by atoms with Gasteiger partial charge in [0.25, 0.3) is 0 Å². The van der Waals surface area contributed by atoms with E-state index in [-0.39, 0.29) is 30.1 Å². The molecule has 142 valence electrons. The van der Waals surface area contributed by atoms with Crippen molar-refractivity contribution in [2.75, 3.05) is 6.54 Å². The fourth-order valence-corrected chi connectivity index (χ4v) is 2.37. The summed E-state index contributed by atoms with van der Waals surface area (Å²) in [5.74, 6) is 0.829. The van der Waals surface area contributed by atoms with Crippen molar-refractivity contribution in [3.8, 4) is 0 Å². The number of nitrogens with zero attached hydrogens (tertiary/aromatic N) is 1. The molecule has 2 rings (SSSR count). The van der Waals surface area contributed by atoms with E-state index < -0.39 is 0 Å². The Hall–Kier alpha value is -1.60. The molecule has 26 heavy (non-hydrogen) atoms. The highest BCUT2D eigenvalue weighted by atomic mass is 127. The van der Waals surface area contributed by atoms with Crippen LogP contribution in [0.5, 0.6) is 0 Å². The van der Waals surface area contributed by atoms with Crippen molar-refractivity contribution in [3.63, 3.8) is 0 Å². The molecule has 4 nitrogen and oxygen atoms in total. The van der Waals surface area contributed by atoms with E-state index in [0.717, 1.165) is 19.0 Å². The summed E-state index contributed by atoms with van der Waals surface area (Å²) in [7, 11) is 0. The van der Waals surface area contributed by atoms with E-state index in [4.69, 9.17) is 4.74 Å². The van der Waals surface area contributed by atoms with Crippen LogP contribution >= 0.6 is 24.0 Å². The molecule has 0 radical (unpaired) electrons. The first-order chi connectivity index (χ1) is 12.2. The van der Waals surface area contributed by atoms with Gasteiger partial charge in [-0.1, -0.05) is 54.6 Å². The average molecular weight is 467 g/mol. The number of aliphatic imine (C=N–C) groups is 1. The minimum Gasteiger partial charge on any atom is -0.374 e. The summed E-state index contributed by atoms with van der Waals surface area (Å²) in [6, 6.07) is 18.7. The molecule has 2 N–H and O–H groups in total. The smallest absolute Gasteiger partial charge is 0.191 e. The highest BCUT2D eigenvalue weighted by Crippen LogP contribution is 2.09. The summed E-state index contributed by atoms with van der Waals surface area (Å²) in [5.41, 5.74) is 3.60. The Morgan fingerprint density at radius 1 is 0.962 bits per heavy atom. The van der Waals surface area contributed by atoms with Crippen molar-refractivity contribution in [2.24, 2.45) is 4.99 Å². The third kappa shape index (κ3) is 8.67. The molecule has 0 saturated heterocycles. The van der Waals surface area contributed by atoms with Crippen LogP contribution < -0.4 is 10.6 Å². The summed E-state index contributed by atoms with van der Waals surface area (Å²) in [6.07, 6.45) is 0.240. The second-order valence-corrected chi connectivity index (χ2v) is 6.21. The zero-order valence-corrected chi connectivity index (χ0v) is 18.2. The van der Waals surface area contributed by atoms with Gasteiger partial charge in [-0.3, -0.25) is 0 Å². The molecule has 0 aliphatic rings. The van der Waals surface area contributed by atoms with Crippen LogP contribution in [-0.4, -0.2) is 18.6 Å². The highest BCUT2D eigenvalue weighted by molar-refractivity contribution is 14.0. The lowest BCUT2D eigenvalue weighted by Crippen LogP contribution is -2.36. The number of nitrogens with one attached hydrogen (secondary N) is 2. The Bertz CT molecular complexity index is 659. The first kappa shape index (κ1) is 22.4. The molecule has 0 heterocycles. The quantitative estimate of drug-likeness (QED) is 0.342. The van der Waals surface area contributed by atoms with Crippen LogP contribution in [0.25, 0.3) is 0 Å². The van der Waals surface area contributed by atoms with Gasteiger partial charge in [-0.15, -0.1) is 24.0 Å². The van der Waals surface area contributed by atoms with Crippen molar-refractivity contribution in [1.82, 2.24) is 10.6 Å². The van der Waals surface area contributed by atoms with Gasteiger partial charge in [0.1, 0.15) is 0 Å². The summed E-state index contributed by atoms with van der Waals surface area (Å²) < 4.78 is 5.67. The zero-order valence-electron chi connectivity index (χ0n) is 15.9. The molecule has 0 aliphatic heterocycles.